The summed E-state index contributed by atoms with van der Waals surface area (Å²) in [6.07, 6.45) is 2.85. The highest BCUT2D eigenvalue weighted by Gasteiger charge is 2.25. The Bertz CT molecular complexity index is 491. The minimum absolute atomic E-state index is 0.475. The Morgan fingerprint density at radius 3 is 2.61 bits per heavy atom. The molecule has 0 atom stereocenters. The average Bonchev–Trinajstić information content (AvgIpc) is 2.77. The summed E-state index contributed by atoms with van der Waals surface area (Å²) >= 11 is 0. The molecule has 1 aliphatic rings. The van der Waals surface area contributed by atoms with Gasteiger partial charge in [0.1, 0.15) is 6.26 Å². The highest BCUT2D eigenvalue weighted by molar-refractivity contribution is 7.88. The van der Waals surface area contributed by atoms with Gasteiger partial charge in [0.05, 0.1) is 11.9 Å². The summed E-state index contributed by atoms with van der Waals surface area (Å²) in [6.45, 7) is 2.82. The van der Waals surface area contributed by atoms with Crippen molar-refractivity contribution in [2.75, 3.05) is 44.4 Å². The molecule has 18 heavy (non-hydrogen) atoms. The fraction of sp³-hybridized carbons (Fsp3) is 0.700. The van der Waals surface area contributed by atoms with Crippen LogP contribution in [0.5, 0.6) is 0 Å². The molecule has 1 aliphatic heterocycles. The molecule has 102 valence electrons. The molecule has 1 aromatic heterocycles. The minimum Gasteiger partial charge on any atom is -0.432 e. The fourth-order valence-electron chi connectivity index (χ4n) is 1.91. The van der Waals surface area contributed by atoms with Crippen molar-refractivity contribution in [3.05, 3.63) is 12.0 Å². The van der Waals surface area contributed by atoms with Crippen LogP contribution in [0, 0.1) is 0 Å². The minimum atomic E-state index is -3.09. The van der Waals surface area contributed by atoms with Gasteiger partial charge in [-0.1, -0.05) is 0 Å². The van der Waals surface area contributed by atoms with Crippen molar-refractivity contribution in [3.63, 3.8) is 0 Å². The highest BCUT2D eigenvalue weighted by atomic mass is 32.2. The lowest BCUT2D eigenvalue weighted by Crippen LogP contribution is -2.48. The maximum Gasteiger partial charge on any atom is 0.297 e. The van der Waals surface area contributed by atoms with Crippen LogP contribution in [-0.2, 0) is 16.6 Å². The van der Waals surface area contributed by atoms with Crippen LogP contribution in [0.2, 0.25) is 0 Å². The van der Waals surface area contributed by atoms with Crippen LogP contribution < -0.4 is 10.2 Å². The Morgan fingerprint density at radius 2 is 2.06 bits per heavy atom. The Hall–Kier alpha value is -1.12. The van der Waals surface area contributed by atoms with Crippen LogP contribution in [0.3, 0.4) is 0 Å². The number of nitrogens with one attached hydrogen (secondary N) is 1. The van der Waals surface area contributed by atoms with Crippen molar-refractivity contribution in [2.24, 2.45) is 0 Å². The molecule has 0 unspecified atom stereocenters. The second-order valence-electron chi connectivity index (χ2n) is 4.30. The van der Waals surface area contributed by atoms with Gasteiger partial charge in [-0.25, -0.2) is 8.42 Å². The number of aromatic nitrogens is 1. The van der Waals surface area contributed by atoms with Crippen LogP contribution in [0.4, 0.5) is 6.01 Å². The largest absolute Gasteiger partial charge is 0.432 e. The van der Waals surface area contributed by atoms with Crippen LogP contribution in [-0.4, -0.2) is 57.2 Å². The van der Waals surface area contributed by atoms with Gasteiger partial charge < -0.3 is 14.6 Å². The van der Waals surface area contributed by atoms with Crippen molar-refractivity contribution in [1.29, 1.82) is 0 Å². The summed E-state index contributed by atoms with van der Waals surface area (Å²) in [5.41, 5.74) is 0.845. The number of hydrogen-bond acceptors (Lipinski definition) is 6. The fourth-order valence-corrected chi connectivity index (χ4v) is 2.74. The molecule has 0 spiro atoms. The molecule has 1 saturated heterocycles. The van der Waals surface area contributed by atoms with Gasteiger partial charge in [-0.05, 0) is 7.05 Å². The highest BCUT2D eigenvalue weighted by Crippen LogP contribution is 2.16. The van der Waals surface area contributed by atoms with E-state index in [0.29, 0.717) is 38.7 Å². The van der Waals surface area contributed by atoms with Gasteiger partial charge in [0.25, 0.3) is 6.01 Å². The van der Waals surface area contributed by atoms with E-state index in [9.17, 15) is 8.42 Å². The first-order valence-electron chi connectivity index (χ1n) is 5.80. The lowest BCUT2D eigenvalue weighted by atomic mass is 10.4. The SMILES string of the molecule is CNCc1coc(N2CCN(S(C)(=O)=O)CC2)n1. The number of rotatable bonds is 4. The van der Waals surface area contributed by atoms with Gasteiger partial charge >= 0.3 is 0 Å². The van der Waals surface area contributed by atoms with Crippen LogP contribution >= 0.6 is 0 Å². The van der Waals surface area contributed by atoms with Gasteiger partial charge in [0, 0.05) is 32.7 Å². The van der Waals surface area contributed by atoms with E-state index in [0.717, 1.165) is 5.69 Å². The monoisotopic (exact) mass is 274 g/mol. The number of piperazine rings is 1. The van der Waals surface area contributed by atoms with Crippen molar-refractivity contribution in [3.8, 4) is 0 Å². The van der Waals surface area contributed by atoms with Crippen molar-refractivity contribution < 1.29 is 12.8 Å². The van der Waals surface area contributed by atoms with E-state index in [1.165, 1.54) is 10.6 Å². The Morgan fingerprint density at radius 1 is 1.39 bits per heavy atom. The maximum atomic E-state index is 11.4. The van der Waals surface area contributed by atoms with Crippen molar-refractivity contribution >= 4 is 16.0 Å². The van der Waals surface area contributed by atoms with E-state index in [1.54, 1.807) is 6.26 Å². The molecule has 0 amide bonds. The standard InChI is InChI=1S/C10H18N4O3S/c1-11-7-9-8-17-10(12-9)13-3-5-14(6-4-13)18(2,15)16/h8,11H,3-7H2,1-2H3. The topological polar surface area (TPSA) is 78.7 Å². The summed E-state index contributed by atoms with van der Waals surface area (Å²) in [4.78, 5) is 6.30. The molecule has 0 aromatic carbocycles. The molecular formula is C10H18N4O3S. The lowest BCUT2D eigenvalue weighted by molar-refractivity contribution is 0.374. The summed E-state index contributed by atoms with van der Waals surface area (Å²) in [5.74, 6) is 0. The third-order valence-corrected chi connectivity index (χ3v) is 4.18. The second-order valence-corrected chi connectivity index (χ2v) is 6.28. The predicted molar refractivity (Wildman–Crippen MR) is 67.9 cm³/mol. The van der Waals surface area contributed by atoms with E-state index in [2.05, 4.69) is 10.3 Å². The lowest BCUT2D eigenvalue weighted by Gasteiger charge is -2.32. The molecular weight excluding hydrogens is 256 g/mol. The molecule has 2 rings (SSSR count). The van der Waals surface area contributed by atoms with Crippen molar-refractivity contribution in [1.82, 2.24) is 14.6 Å². The van der Waals surface area contributed by atoms with E-state index in [4.69, 9.17) is 4.42 Å². The number of nitrogens with zero attached hydrogens (tertiary/aromatic N) is 3. The molecule has 0 bridgehead atoms. The first kappa shape index (κ1) is 13.3. The van der Waals surface area contributed by atoms with E-state index in [1.807, 2.05) is 11.9 Å². The smallest absolute Gasteiger partial charge is 0.297 e. The molecule has 8 heteroatoms. The van der Waals surface area contributed by atoms with E-state index < -0.39 is 10.0 Å². The number of sulfonamides is 1. The van der Waals surface area contributed by atoms with Gasteiger partial charge in [-0.3, -0.25) is 0 Å². The van der Waals surface area contributed by atoms with Crippen LogP contribution in [0.25, 0.3) is 0 Å². The van der Waals surface area contributed by atoms with Crippen LogP contribution in [0.15, 0.2) is 10.7 Å². The summed E-state index contributed by atoms with van der Waals surface area (Å²) < 4.78 is 29.6. The van der Waals surface area contributed by atoms with Crippen molar-refractivity contribution in [2.45, 2.75) is 6.54 Å². The Balaban J connectivity index is 1.96. The average molecular weight is 274 g/mol. The maximum absolute atomic E-state index is 11.4. The number of oxazole rings is 1. The molecule has 0 saturated carbocycles. The second kappa shape index (κ2) is 5.25. The molecule has 1 aromatic rings. The predicted octanol–water partition coefficient (Wildman–Crippen LogP) is -0.524. The molecule has 0 radical (unpaired) electrons. The quantitative estimate of drug-likeness (QED) is 0.795. The zero-order valence-electron chi connectivity index (χ0n) is 10.6. The zero-order valence-corrected chi connectivity index (χ0v) is 11.4. The number of anilines is 1. The molecule has 0 aliphatic carbocycles. The first-order valence-corrected chi connectivity index (χ1v) is 7.64. The Kier molecular flexibility index (Phi) is 3.88. The van der Waals surface area contributed by atoms with E-state index >= 15 is 0 Å². The van der Waals surface area contributed by atoms with Gasteiger partial charge in [-0.15, -0.1) is 0 Å². The third-order valence-electron chi connectivity index (χ3n) is 2.88. The molecule has 1 fully saturated rings. The molecule has 2 heterocycles. The van der Waals surface area contributed by atoms with Crippen LogP contribution in [0.1, 0.15) is 5.69 Å². The molecule has 7 nitrogen and oxygen atoms in total. The Labute approximate surface area is 107 Å². The summed E-state index contributed by atoms with van der Waals surface area (Å²) in [5, 5.41) is 3.00. The zero-order chi connectivity index (χ0) is 13.2. The normalized spacial score (nSPS) is 18.2. The number of hydrogen-bond donors (Lipinski definition) is 1. The third kappa shape index (κ3) is 3.01. The van der Waals surface area contributed by atoms with E-state index in [-0.39, 0.29) is 0 Å². The summed E-state index contributed by atoms with van der Waals surface area (Å²) in [6, 6.07) is 0.563. The van der Waals surface area contributed by atoms with Gasteiger partial charge in [-0.2, -0.15) is 9.29 Å². The van der Waals surface area contributed by atoms with Gasteiger partial charge in [0.15, 0.2) is 0 Å². The van der Waals surface area contributed by atoms with Gasteiger partial charge in [0.2, 0.25) is 10.0 Å². The first-order chi connectivity index (χ1) is 8.50. The summed E-state index contributed by atoms with van der Waals surface area (Å²) in [7, 11) is -1.24. The molecule has 1 N–H and O–H groups in total.